The van der Waals surface area contributed by atoms with Crippen molar-refractivity contribution in [1.82, 2.24) is 9.80 Å². The molecule has 2 aromatic rings. The van der Waals surface area contributed by atoms with Crippen LogP contribution < -0.4 is 4.31 Å². The first kappa shape index (κ1) is 22.6. The number of rotatable bonds is 6. The quantitative estimate of drug-likeness (QED) is 0.682. The lowest BCUT2D eigenvalue weighted by molar-refractivity contribution is -0.131. The molecule has 0 atom stereocenters. The third-order valence-corrected chi connectivity index (χ3v) is 6.88. The lowest BCUT2D eigenvalue weighted by Crippen LogP contribution is -2.53. The predicted molar refractivity (Wildman–Crippen MR) is 117 cm³/mol. The third-order valence-electron chi connectivity index (χ3n) is 5.09. The van der Waals surface area contributed by atoms with Gasteiger partial charge < -0.3 is 14.5 Å². The highest BCUT2D eigenvalue weighted by molar-refractivity contribution is 7.92. The van der Waals surface area contributed by atoms with Crippen molar-refractivity contribution >= 4 is 27.7 Å². The molecule has 0 aliphatic carbocycles. The zero-order chi connectivity index (χ0) is 22.4. The Labute approximate surface area is 183 Å². The van der Waals surface area contributed by atoms with Gasteiger partial charge in [0.05, 0.1) is 17.2 Å². The molecule has 0 aromatic heterocycles. The lowest BCUT2D eigenvalue weighted by atomic mass is 10.2. The van der Waals surface area contributed by atoms with Gasteiger partial charge in [-0.3, -0.25) is 9.10 Å². The van der Waals surface area contributed by atoms with Gasteiger partial charge >= 0.3 is 6.09 Å². The van der Waals surface area contributed by atoms with Crippen molar-refractivity contribution in [2.75, 3.05) is 43.6 Å². The van der Waals surface area contributed by atoms with Crippen LogP contribution in [0.3, 0.4) is 0 Å². The molecule has 9 heteroatoms. The lowest BCUT2D eigenvalue weighted by Gasteiger charge is -2.35. The molecule has 31 heavy (non-hydrogen) atoms. The number of benzene rings is 2. The van der Waals surface area contributed by atoms with Crippen molar-refractivity contribution in [2.24, 2.45) is 0 Å². The van der Waals surface area contributed by atoms with E-state index in [1.165, 1.54) is 12.1 Å². The van der Waals surface area contributed by atoms with Crippen LogP contribution in [0.15, 0.2) is 59.5 Å². The molecule has 2 aromatic carbocycles. The average Bonchev–Trinajstić information content (AvgIpc) is 2.79. The number of ether oxygens (including phenoxy) is 1. The SMILES string of the molecule is CCOC(=O)N1CCN(C(=O)CN(c2ccc(C)cc2)S(=O)(=O)c2ccccc2)CC1. The average molecular weight is 446 g/mol. The fraction of sp³-hybridized carbons (Fsp3) is 0.364. The summed E-state index contributed by atoms with van der Waals surface area (Å²) >= 11 is 0. The Bertz CT molecular complexity index is 1000. The summed E-state index contributed by atoms with van der Waals surface area (Å²) < 4.78 is 32.8. The minimum absolute atomic E-state index is 0.121. The molecule has 2 amide bonds. The van der Waals surface area contributed by atoms with Crippen LogP contribution in [0.4, 0.5) is 10.5 Å². The number of carbonyl (C=O) groups excluding carboxylic acids is 2. The summed E-state index contributed by atoms with van der Waals surface area (Å²) in [6.07, 6.45) is -0.400. The van der Waals surface area contributed by atoms with Crippen LogP contribution in [0, 0.1) is 6.92 Å². The fourth-order valence-corrected chi connectivity index (χ4v) is 4.76. The van der Waals surface area contributed by atoms with Crippen molar-refractivity contribution in [3.05, 3.63) is 60.2 Å². The van der Waals surface area contributed by atoms with Crippen LogP contribution in [0.5, 0.6) is 0 Å². The van der Waals surface area contributed by atoms with Gasteiger partial charge in [0.25, 0.3) is 10.0 Å². The van der Waals surface area contributed by atoms with Crippen molar-refractivity contribution < 1.29 is 22.7 Å². The van der Waals surface area contributed by atoms with Gasteiger partial charge in [-0.15, -0.1) is 0 Å². The molecule has 3 rings (SSSR count). The maximum absolute atomic E-state index is 13.3. The molecule has 0 saturated carbocycles. The van der Waals surface area contributed by atoms with Crippen LogP contribution in [0.1, 0.15) is 12.5 Å². The molecule has 1 saturated heterocycles. The number of sulfonamides is 1. The second-order valence-corrected chi connectivity index (χ2v) is 9.09. The molecule has 1 heterocycles. The second kappa shape index (κ2) is 9.82. The van der Waals surface area contributed by atoms with E-state index in [0.717, 1.165) is 9.87 Å². The molecule has 0 unspecified atom stereocenters. The van der Waals surface area contributed by atoms with Gasteiger partial charge in [0.15, 0.2) is 0 Å². The number of nitrogens with zero attached hydrogens (tertiary/aromatic N) is 3. The van der Waals surface area contributed by atoms with E-state index in [-0.39, 0.29) is 17.3 Å². The van der Waals surface area contributed by atoms with Crippen LogP contribution >= 0.6 is 0 Å². The molecular formula is C22H27N3O5S. The largest absolute Gasteiger partial charge is 0.450 e. The summed E-state index contributed by atoms with van der Waals surface area (Å²) in [5.41, 5.74) is 1.41. The topological polar surface area (TPSA) is 87.2 Å². The zero-order valence-electron chi connectivity index (χ0n) is 17.7. The number of amides is 2. The summed E-state index contributed by atoms with van der Waals surface area (Å²) in [5, 5.41) is 0. The number of hydrogen-bond acceptors (Lipinski definition) is 5. The second-order valence-electron chi connectivity index (χ2n) is 7.23. The summed E-state index contributed by atoms with van der Waals surface area (Å²) in [5.74, 6) is -0.316. The summed E-state index contributed by atoms with van der Waals surface area (Å²) in [6, 6.07) is 15.1. The summed E-state index contributed by atoms with van der Waals surface area (Å²) in [7, 11) is -3.93. The number of aryl methyl sites for hydroxylation is 1. The molecule has 1 aliphatic heterocycles. The first-order chi connectivity index (χ1) is 14.8. The van der Waals surface area contributed by atoms with Crippen LogP contribution in [-0.2, 0) is 19.6 Å². The van der Waals surface area contributed by atoms with Gasteiger partial charge in [0.1, 0.15) is 6.54 Å². The minimum Gasteiger partial charge on any atom is -0.450 e. The van der Waals surface area contributed by atoms with Crippen molar-refractivity contribution in [3.8, 4) is 0 Å². The van der Waals surface area contributed by atoms with E-state index < -0.39 is 16.1 Å². The third kappa shape index (κ3) is 5.35. The normalized spacial score (nSPS) is 14.3. The molecule has 0 spiro atoms. The Hall–Kier alpha value is -3.07. The highest BCUT2D eigenvalue weighted by Gasteiger charge is 2.31. The van der Waals surface area contributed by atoms with E-state index >= 15 is 0 Å². The van der Waals surface area contributed by atoms with Crippen LogP contribution in [0.25, 0.3) is 0 Å². The van der Waals surface area contributed by atoms with Crippen LogP contribution in [0.2, 0.25) is 0 Å². The Morgan fingerprint density at radius 1 is 0.935 bits per heavy atom. The molecule has 8 nitrogen and oxygen atoms in total. The number of anilines is 1. The van der Waals surface area contributed by atoms with Gasteiger partial charge in [0, 0.05) is 26.2 Å². The maximum atomic E-state index is 13.3. The highest BCUT2D eigenvalue weighted by atomic mass is 32.2. The van der Waals surface area contributed by atoms with Gasteiger partial charge in [-0.1, -0.05) is 35.9 Å². The number of carbonyl (C=O) groups is 2. The van der Waals surface area contributed by atoms with E-state index in [9.17, 15) is 18.0 Å². The van der Waals surface area contributed by atoms with Crippen LogP contribution in [-0.4, -0.2) is 69.5 Å². The molecule has 0 radical (unpaired) electrons. The standard InChI is InChI=1S/C22H27N3O5S/c1-3-30-22(27)24-15-13-23(14-16-24)21(26)17-25(19-11-9-18(2)10-12-19)31(28,29)20-7-5-4-6-8-20/h4-12H,3,13-17H2,1-2H3. The first-order valence-corrected chi connectivity index (χ1v) is 11.6. The molecular weight excluding hydrogens is 418 g/mol. The number of hydrogen-bond donors (Lipinski definition) is 0. The Morgan fingerprint density at radius 2 is 1.52 bits per heavy atom. The Balaban J connectivity index is 1.79. The van der Waals surface area contributed by atoms with Gasteiger partial charge in [0.2, 0.25) is 5.91 Å². The monoisotopic (exact) mass is 445 g/mol. The van der Waals surface area contributed by atoms with E-state index in [1.54, 1.807) is 47.1 Å². The van der Waals surface area contributed by atoms with Gasteiger partial charge in [-0.2, -0.15) is 0 Å². The van der Waals surface area contributed by atoms with E-state index in [0.29, 0.717) is 38.5 Å². The highest BCUT2D eigenvalue weighted by Crippen LogP contribution is 2.24. The summed E-state index contributed by atoms with van der Waals surface area (Å²) in [6.45, 7) is 4.97. The Morgan fingerprint density at radius 3 is 2.10 bits per heavy atom. The fourth-order valence-electron chi connectivity index (χ4n) is 3.32. The first-order valence-electron chi connectivity index (χ1n) is 10.2. The van der Waals surface area contributed by atoms with E-state index in [1.807, 2.05) is 19.1 Å². The summed E-state index contributed by atoms with van der Waals surface area (Å²) in [4.78, 5) is 28.1. The molecule has 1 aliphatic rings. The zero-order valence-corrected chi connectivity index (χ0v) is 18.5. The van der Waals surface area contributed by atoms with Crippen molar-refractivity contribution in [3.63, 3.8) is 0 Å². The minimum atomic E-state index is -3.93. The van der Waals surface area contributed by atoms with Crippen molar-refractivity contribution in [2.45, 2.75) is 18.7 Å². The van der Waals surface area contributed by atoms with E-state index in [2.05, 4.69) is 0 Å². The number of piperazine rings is 1. The molecule has 1 fully saturated rings. The van der Waals surface area contributed by atoms with Gasteiger partial charge in [-0.05, 0) is 38.1 Å². The molecule has 0 bridgehead atoms. The van der Waals surface area contributed by atoms with E-state index in [4.69, 9.17) is 4.74 Å². The molecule has 0 N–H and O–H groups in total. The van der Waals surface area contributed by atoms with Crippen molar-refractivity contribution in [1.29, 1.82) is 0 Å². The molecule has 166 valence electrons. The maximum Gasteiger partial charge on any atom is 0.409 e. The van der Waals surface area contributed by atoms with Gasteiger partial charge in [-0.25, -0.2) is 13.2 Å². The predicted octanol–water partition coefficient (Wildman–Crippen LogP) is 2.49. The smallest absolute Gasteiger partial charge is 0.409 e. The Kier molecular flexibility index (Phi) is 7.17.